The van der Waals surface area contributed by atoms with Gasteiger partial charge < -0.3 is 5.73 Å². The summed E-state index contributed by atoms with van der Waals surface area (Å²) < 4.78 is 2.07. The molecule has 3 heteroatoms. The van der Waals surface area contributed by atoms with Crippen LogP contribution >= 0.6 is 0 Å². The van der Waals surface area contributed by atoms with Crippen LogP contribution in [0.25, 0.3) is 11.1 Å². The minimum absolute atomic E-state index is 0.875. The zero-order valence-corrected chi connectivity index (χ0v) is 11.4. The number of aromatic nitrogens is 2. The Balaban J connectivity index is 2.42. The topological polar surface area (TPSA) is 43.8 Å². The van der Waals surface area contributed by atoms with E-state index in [1.54, 1.807) is 0 Å². The lowest BCUT2D eigenvalue weighted by atomic mass is 10.0. The number of nitrogens with two attached hydrogens (primary N) is 1. The molecule has 0 aliphatic carbocycles. The first-order valence-electron chi connectivity index (χ1n) is 6.58. The third kappa shape index (κ3) is 2.26. The summed E-state index contributed by atoms with van der Waals surface area (Å²) in [5.41, 5.74) is 11.7. The number of aryl methyl sites for hydroxylation is 2. The van der Waals surface area contributed by atoms with Crippen molar-refractivity contribution in [2.75, 3.05) is 5.73 Å². The summed E-state index contributed by atoms with van der Waals surface area (Å²) in [6.07, 6.45) is 4.02. The Bertz CT molecular complexity index is 541. The van der Waals surface area contributed by atoms with Crippen molar-refractivity contribution in [2.24, 2.45) is 0 Å². The molecule has 0 aliphatic rings. The summed E-state index contributed by atoms with van der Waals surface area (Å²) in [4.78, 5) is 0. The Morgan fingerprint density at radius 3 is 2.72 bits per heavy atom. The number of nitrogens with zero attached hydrogens (tertiary/aromatic N) is 2. The van der Waals surface area contributed by atoms with E-state index < -0.39 is 0 Å². The van der Waals surface area contributed by atoms with E-state index in [0.717, 1.165) is 25.1 Å². The third-order valence-corrected chi connectivity index (χ3v) is 3.37. The molecule has 0 radical (unpaired) electrons. The molecule has 0 spiro atoms. The Hall–Kier alpha value is -1.77. The monoisotopic (exact) mass is 243 g/mol. The van der Waals surface area contributed by atoms with Crippen molar-refractivity contribution in [2.45, 2.75) is 40.2 Å². The summed E-state index contributed by atoms with van der Waals surface area (Å²) in [6.45, 7) is 7.39. The molecule has 0 unspecified atom stereocenters. The highest BCUT2D eigenvalue weighted by molar-refractivity contribution is 5.69. The van der Waals surface area contributed by atoms with E-state index in [1.165, 1.54) is 22.4 Å². The molecule has 0 bridgehead atoms. The third-order valence-electron chi connectivity index (χ3n) is 3.37. The van der Waals surface area contributed by atoms with Gasteiger partial charge in [0.05, 0.1) is 6.20 Å². The Kier molecular flexibility index (Phi) is 3.70. The van der Waals surface area contributed by atoms with Gasteiger partial charge in [-0.3, -0.25) is 4.68 Å². The molecule has 1 heterocycles. The molecule has 1 aromatic heterocycles. The smallest absolute Gasteiger partial charge is 0.0571 e. The van der Waals surface area contributed by atoms with E-state index >= 15 is 0 Å². The molecule has 0 saturated heterocycles. The van der Waals surface area contributed by atoms with Gasteiger partial charge >= 0.3 is 0 Å². The van der Waals surface area contributed by atoms with Crippen molar-refractivity contribution >= 4 is 5.69 Å². The van der Waals surface area contributed by atoms with Crippen molar-refractivity contribution in [3.63, 3.8) is 0 Å². The number of hydrogen-bond acceptors (Lipinski definition) is 2. The van der Waals surface area contributed by atoms with Gasteiger partial charge in [0.15, 0.2) is 0 Å². The summed E-state index contributed by atoms with van der Waals surface area (Å²) in [5, 5.41) is 4.45. The number of anilines is 1. The molecule has 0 saturated carbocycles. The van der Waals surface area contributed by atoms with Crippen molar-refractivity contribution < 1.29 is 0 Å². The quantitative estimate of drug-likeness (QED) is 0.836. The lowest BCUT2D eigenvalue weighted by Crippen LogP contribution is -2.01. The van der Waals surface area contributed by atoms with Crippen molar-refractivity contribution in [1.29, 1.82) is 0 Å². The molecule has 0 amide bonds. The first-order valence-corrected chi connectivity index (χ1v) is 6.58. The van der Waals surface area contributed by atoms with Crippen LogP contribution in [0.1, 0.15) is 31.5 Å². The van der Waals surface area contributed by atoms with Gasteiger partial charge in [0.1, 0.15) is 0 Å². The van der Waals surface area contributed by atoms with Gasteiger partial charge in [0.2, 0.25) is 0 Å². The molecule has 3 nitrogen and oxygen atoms in total. The highest BCUT2D eigenvalue weighted by atomic mass is 15.3. The first-order chi connectivity index (χ1) is 8.67. The zero-order chi connectivity index (χ0) is 13.1. The first kappa shape index (κ1) is 12.7. The second kappa shape index (κ2) is 5.25. The van der Waals surface area contributed by atoms with Gasteiger partial charge in [-0.25, -0.2) is 0 Å². The maximum Gasteiger partial charge on any atom is 0.0571 e. The summed E-state index contributed by atoms with van der Waals surface area (Å²) >= 11 is 0. The predicted molar refractivity (Wildman–Crippen MR) is 76.5 cm³/mol. The van der Waals surface area contributed by atoms with E-state index in [4.69, 9.17) is 5.73 Å². The van der Waals surface area contributed by atoms with Gasteiger partial charge in [-0.15, -0.1) is 0 Å². The molecule has 96 valence electrons. The van der Waals surface area contributed by atoms with Gasteiger partial charge in [0.25, 0.3) is 0 Å². The average Bonchev–Trinajstić information content (AvgIpc) is 2.73. The van der Waals surface area contributed by atoms with E-state index in [-0.39, 0.29) is 0 Å². The largest absolute Gasteiger partial charge is 0.399 e. The fraction of sp³-hybridized carbons (Fsp3) is 0.400. The van der Waals surface area contributed by atoms with Gasteiger partial charge in [-0.1, -0.05) is 19.9 Å². The van der Waals surface area contributed by atoms with Crippen LogP contribution in [0.3, 0.4) is 0 Å². The standard InChI is InChI=1S/C15H21N3/c1-4-8-18-11(3)14(10-17-18)13-6-7-15(16)12(5-2)9-13/h6-7,9-10H,4-5,8,16H2,1-3H3. The van der Waals surface area contributed by atoms with E-state index in [1.807, 2.05) is 12.3 Å². The maximum atomic E-state index is 5.95. The highest BCUT2D eigenvalue weighted by Crippen LogP contribution is 2.26. The molecule has 0 fully saturated rings. The normalized spacial score (nSPS) is 10.8. The Morgan fingerprint density at radius 1 is 1.28 bits per heavy atom. The molecule has 0 atom stereocenters. The molecular weight excluding hydrogens is 222 g/mol. The Morgan fingerprint density at radius 2 is 2.06 bits per heavy atom. The second-order valence-electron chi connectivity index (χ2n) is 4.63. The van der Waals surface area contributed by atoms with E-state index in [9.17, 15) is 0 Å². The molecule has 2 rings (SSSR count). The molecule has 2 aromatic rings. The van der Waals surface area contributed by atoms with Gasteiger partial charge in [-0.05, 0) is 43.0 Å². The minimum Gasteiger partial charge on any atom is -0.399 e. The van der Waals surface area contributed by atoms with Crippen LogP contribution in [0.4, 0.5) is 5.69 Å². The number of nitrogen functional groups attached to an aromatic ring is 1. The number of rotatable bonds is 4. The van der Waals surface area contributed by atoms with Crippen LogP contribution < -0.4 is 5.73 Å². The molecule has 18 heavy (non-hydrogen) atoms. The Labute approximate surface area is 109 Å². The number of hydrogen-bond donors (Lipinski definition) is 1. The molecule has 1 aromatic carbocycles. The molecular formula is C15H21N3. The zero-order valence-electron chi connectivity index (χ0n) is 11.4. The van der Waals surface area contributed by atoms with Crippen molar-refractivity contribution in [3.05, 3.63) is 35.7 Å². The molecule has 2 N–H and O–H groups in total. The average molecular weight is 243 g/mol. The van der Waals surface area contributed by atoms with Gasteiger partial charge in [-0.2, -0.15) is 5.10 Å². The van der Waals surface area contributed by atoms with Gasteiger partial charge in [0, 0.05) is 23.5 Å². The van der Waals surface area contributed by atoms with Crippen LogP contribution in [0.2, 0.25) is 0 Å². The van der Waals surface area contributed by atoms with E-state index in [2.05, 4.69) is 42.7 Å². The summed E-state index contributed by atoms with van der Waals surface area (Å²) in [6, 6.07) is 6.25. The van der Waals surface area contributed by atoms with Crippen LogP contribution in [0, 0.1) is 6.92 Å². The van der Waals surface area contributed by atoms with Crippen molar-refractivity contribution in [3.8, 4) is 11.1 Å². The van der Waals surface area contributed by atoms with Crippen LogP contribution in [-0.2, 0) is 13.0 Å². The minimum atomic E-state index is 0.875. The maximum absolute atomic E-state index is 5.95. The van der Waals surface area contributed by atoms with Crippen molar-refractivity contribution in [1.82, 2.24) is 9.78 Å². The number of benzene rings is 1. The fourth-order valence-electron chi connectivity index (χ4n) is 2.25. The fourth-order valence-corrected chi connectivity index (χ4v) is 2.25. The van der Waals surface area contributed by atoms with Crippen LogP contribution in [0.5, 0.6) is 0 Å². The van der Waals surface area contributed by atoms with Crippen LogP contribution in [-0.4, -0.2) is 9.78 Å². The summed E-state index contributed by atoms with van der Waals surface area (Å²) in [5.74, 6) is 0. The van der Waals surface area contributed by atoms with E-state index in [0.29, 0.717) is 0 Å². The summed E-state index contributed by atoms with van der Waals surface area (Å²) in [7, 11) is 0. The lowest BCUT2D eigenvalue weighted by Gasteiger charge is -2.07. The predicted octanol–water partition coefficient (Wildman–Crippen LogP) is 3.41. The van der Waals surface area contributed by atoms with Crippen LogP contribution in [0.15, 0.2) is 24.4 Å². The highest BCUT2D eigenvalue weighted by Gasteiger charge is 2.09. The lowest BCUT2D eigenvalue weighted by molar-refractivity contribution is 0.587. The second-order valence-corrected chi connectivity index (χ2v) is 4.63. The molecule has 0 aliphatic heterocycles. The SMILES string of the molecule is CCCn1ncc(-c2ccc(N)c(CC)c2)c1C.